The number of H-pyrrole nitrogens is 1. The zero-order valence-electron chi connectivity index (χ0n) is 14.1. The summed E-state index contributed by atoms with van der Waals surface area (Å²) in [5, 5.41) is 12.4. The van der Waals surface area contributed by atoms with Gasteiger partial charge in [0.1, 0.15) is 6.04 Å². The average Bonchev–Trinajstić information content (AvgIpc) is 3.27. The monoisotopic (exact) mass is 377 g/mol. The maximum atomic E-state index is 13.0. The summed E-state index contributed by atoms with van der Waals surface area (Å²) in [5.41, 5.74) is 1.34. The van der Waals surface area contributed by atoms with Gasteiger partial charge in [-0.3, -0.25) is 9.59 Å². The van der Waals surface area contributed by atoms with Crippen molar-refractivity contribution in [2.75, 3.05) is 25.3 Å². The summed E-state index contributed by atoms with van der Waals surface area (Å²) in [7, 11) is 1.36. The van der Waals surface area contributed by atoms with Gasteiger partial charge in [-0.25, -0.2) is 4.79 Å². The van der Waals surface area contributed by atoms with Crippen molar-refractivity contribution in [3.63, 3.8) is 0 Å². The number of fused-ring (bicyclic) bond motifs is 1. The predicted octanol–water partition coefficient (Wildman–Crippen LogP) is 0.899. The minimum absolute atomic E-state index is 0.142. The second-order valence-electron chi connectivity index (χ2n) is 5.89. The topological polar surface area (TPSA) is 112 Å². The first-order valence-electron chi connectivity index (χ1n) is 8.00. The van der Waals surface area contributed by atoms with Crippen LogP contribution in [0.2, 0.25) is 0 Å². The van der Waals surface area contributed by atoms with Crippen molar-refractivity contribution < 1.29 is 24.2 Å². The third-order valence-corrected chi connectivity index (χ3v) is 5.23. The molecule has 1 aromatic carbocycles. The number of amides is 2. The number of nitrogens with zero attached hydrogens (tertiary/aromatic N) is 1. The van der Waals surface area contributed by atoms with E-state index in [1.54, 1.807) is 6.20 Å². The first-order valence-corrected chi connectivity index (χ1v) is 9.15. The number of hydrogen-bond acceptors (Lipinski definition) is 5. The molecular weight excluding hydrogens is 358 g/mol. The second-order valence-corrected chi connectivity index (χ2v) is 6.89. The normalized spacial score (nSPS) is 18.0. The lowest BCUT2D eigenvalue weighted by Gasteiger charge is -2.24. The zero-order chi connectivity index (χ0) is 18.7. The molecule has 1 aliphatic rings. The van der Waals surface area contributed by atoms with Gasteiger partial charge in [-0.1, -0.05) is 18.2 Å². The largest absolute Gasteiger partial charge is 0.480 e. The van der Waals surface area contributed by atoms with E-state index in [1.165, 1.54) is 23.8 Å². The average molecular weight is 377 g/mol. The number of carbonyl (C=O) groups is 3. The lowest BCUT2D eigenvalue weighted by Crippen LogP contribution is -2.53. The van der Waals surface area contributed by atoms with Crippen LogP contribution in [0.5, 0.6) is 0 Å². The number of carboxylic acids is 1. The van der Waals surface area contributed by atoms with Crippen molar-refractivity contribution in [1.82, 2.24) is 15.2 Å². The quantitative estimate of drug-likeness (QED) is 0.690. The Hall–Kier alpha value is -2.52. The number of aliphatic carboxylic acids is 1. The molecule has 1 saturated heterocycles. The van der Waals surface area contributed by atoms with E-state index in [1.807, 2.05) is 24.3 Å². The smallest absolute Gasteiger partial charge is 0.328 e. The highest BCUT2D eigenvalue weighted by Crippen LogP contribution is 2.26. The maximum absolute atomic E-state index is 13.0. The molecule has 0 spiro atoms. The Labute approximate surface area is 153 Å². The lowest BCUT2D eigenvalue weighted by atomic mass is 10.1. The summed E-state index contributed by atoms with van der Waals surface area (Å²) in [4.78, 5) is 41.2. The molecule has 0 saturated carbocycles. The molecule has 3 N–H and O–H groups in total. The number of methoxy groups -OCH3 is 1. The maximum Gasteiger partial charge on any atom is 0.328 e. The van der Waals surface area contributed by atoms with Gasteiger partial charge in [-0.2, -0.15) is 0 Å². The van der Waals surface area contributed by atoms with Gasteiger partial charge in [0.25, 0.3) is 5.91 Å². The second kappa shape index (κ2) is 7.79. The van der Waals surface area contributed by atoms with Gasteiger partial charge in [0.2, 0.25) is 5.91 Å². The fraction of sp³-hybridized carbons (Fsp3) is 0.353. The first kappa shape index (κ1) is 18.3. The van der Waals surface area contributed by atoms with Crippen LogP contribution >= 0.6 is 11.8 Å². The minimum Gasteiger partial charge on any atom is -0.480 e. The van der Waals surface area contributed by atoms with Crippen LogP contribution in [-0.2, 0) is 14.3 Å². The van der Waals surface area contributed by atoms with E-state index in [0.29, 0.717) is 17.2 Å². The van der Waals surface area contributed by atoms with Crippen LogP contribution in [0.4, 0.5) is 0 Å². The van der Waals surface area contributed by atoms with E-state index in [0.717, 1.165) is 10.9 Å². The Balaban J connectivity index is 1.78. The van der Waals surface area contributed by atoms with Crippen molar-refractivity contribution in [2.45, 2.75) is 12.1 Å². The number of ether oxygens (including phenoxy) is 1. The standard InChI is InChI=1S/C17H19N3O5S/c1-25-7-13(17(23)24)19-15(21)14-8-26-9-20(14)16(22)11-6-18-12-5-3-2-4-10(11)12/h2-6,13-14,18H,7-9H2,1H3,(H,19,21)(H,23,24). The SMILES string of the molecule is COCC(NC(=O)C1CSCN1C(=O)c1c[nH]c2ccccc12)C(=O)O. The fourth-order valence-corrected chi connectivity index (χ4v) is 4.03. The molecule has 1 aliphatic heterocycles. The highest BCUT2D eigenvalue weighted by atomic mass is 32.2. The number of aromatic amines is 1. The zero-order valence-corrected chi connectivity index (χ0v) is 14.9. The first-order chi connectivity index (χ1) is 12.5. The Morgan fingerprint density at radius 1 is 1.42 bits per heavy atom. The molecule has 1 fully saturated rings. The molecule has 1 aromatic heterocycles. The van der Waals surface area contributed by atoms with Crippen LogP contribution in [0.3, 0.4) is 0 Å². The molecule has 2 aromatic rings. The van der Waals surface area contributed by atoms with Crippen molar-refractivity contribution in [3.05, 3.63) is 36.0 Å². The minimum atomic E-state index is -1.18. The van der Waals surface area contributed by atoms with E-state index in [4.69, 9.17) is 9.84 Å². The van der Waals surface area contributed by atoms with Crippen molar-refractivity contribution >= 4 is 40.4 Å². The summed E-state index contributed by atoms with van der Waals surface area (Å²) < 4.78 is 4.82. The predicted molar refractivity (Wildman–Crippen MR) is 97.0 cm³/mol. The number of carbonyl (C=O) groups excluding carboxylic acids is 2. The molecule has 3 rings (SSSR count). The van der Waals surface area contributed by atoms with Crippen LogP contribution < -0.4 is 5.32 Å². The van der Waals surface area contributed by atoms with Gasteiger partial charge < -0.3 is 25.0 Å². The molecule has 2 heterocycles. The van der Waals surface area contributed by atoms with Crippen LogP contribution in [-0.4, -0.2) is 70.2 Å². The van der Waals surface area contributed by atoms with E-state index in [2.05, 4.69) is 10.3 Å². The fourth-order valence-electron chi connectivity index (χ4n) is 2.87. The Kier molecular flexibility index (Phi) is 5.48. The molecule has 138 valence electrons. The van der Waals surface area contributed by atoms with Crippen molar-refractivity contribution in [1.29, 1.82) is 0 Å². The van der Waals surface area contributed by atoms with Gasteiger partial charge >= 0.3 is 5.97 Å². The van der Waals surface area contributed by atoms with Gasteiger partial charge in [-0.15, -0.1) is 11.8 Å². The third-order valence-electron chi connectivity index (χ3n) is 4.21. The Morgan fingerprint density at radius 2 is 2.19 bits per heavy atom. The highest BCUT2D eigenvalue weighted by molar-refractivity contribution is 7.99. The molecule has 26 heavy (non-hydrogen) atoms. The van der Waals surface area contributed by atoms with Gasteiger partial charge in [0, 0.05) is 30.0 Å². The molecule has 2 amide bonds. The summed E-state index contributed by atoms with van der Waals surface area (Å²) in [6.45, 7) is -0.142. The van der Waals surface area contributed by atoms with E-state index < -0.39 is 24.0 Å². The van der Waals surface area contributed by atoms with E-state index in [-0.39, 0.29) is 12.5 Å². The van der Waals surface area contributed by atoms with Crippen molar-refractivity contribution in [3.8, 4) is 0 Å². The number of para-hydroxylation sites is 1. The van der Waals surface area contributed by atoms with Crippen LogP contribution in [0.25, 0.3) is 10.9 Å². The number of aromatic nitrogens is 1. The summed E-state index contributed by atoms with van der Waals surface area (Å²) in [6.07, 6.45) is 1.63. The van der Waals surface area contributed by atoms with Crippen molar-refractivity contribution in [2.24, 2.45) is 0 Å². The molecule has 0 bridgehead atoms. The van der Waals surface area contributed by atoms with E-state index in [9.17, 15) is 14.4 Å². The molecule has 0 radical (unpaired) electrons. The third kappa shape index (κ3) is 3.54. The van der Waals surface area contributed by atoms with Crippen LogP contribution in [0.1, 0.15) is 10.4 Å². The number of carboxylic acid groups (broad SMARTS) is 1. The number of hydrogen-bond donors (Lipinski definition) is 3. The number of thioether (sulfide) groups is 1. The number of benzene rings is 1. The number of nitrogens with one attached hydrogen (secondary N) is 2. The van der Waals surface area contributed by atoms with Crippen LogP contribution in [0.15, 0.2) is 30.5 Å². The summed E-state index contributed by atoms with van der Waals surface area (Å²) >= 11 is 1.45. The molecular formula is C17H19N3O5S. The summed E-state index contributed by atoms with van der Waals surface area (Å²) in [6, 6.07) is 5.56. The molecule has 8 nitrogen and oxygen atoms in total. The molecule has 2 unspecified atom stereocenters. The summed E-state index contributed by atoms with van der Waals surface area (Å²) in [5.74, 6) is -1.14. The molecule has 9 heteroatoms. The Bertz CT molecular complexity index is 837. The molecule has 0 aliphatic carbocycles. The van der Waals surface area contributed by atoms with Gasteiger partial charge in [-0.05, 0) is 6.07 Å². The van der Waals surface area contributed by atoms with Gasteiger partial charge in [0.05, 0.1) is 18.0 Å². The lowest BCUT2D eigenvalue weighted by molar-refractivity contribution is -0.143. The van der Waals surface area contributed by atoms with Crippen LogP contribution in [0, 0.1) is 0 Å². The molecule has 2 atom stereocenters. The van der Waals surface area contributed by atoms with E-state index >= 15 is 0 Å². The number of rotatable bonds is 6. The highest BCUT2D eigenvalue weighted by Gasteiger charge is 2.37. The van der Waals surface area contributed by atoms with Gasteiger partial charge in [0.15, 0.2) is 6.04 Å². The Morgan fingerprint density at radius 3 is 2.92 bits per heavy atom.